The van der Waals surface area contributed by atoms with Crippen LogP contribution in [0.25, 0.3) is 0 Å². The van der Waals surface area contributed by atoms with Gasteiger partial charge in [0, 0.05) is 0 Å². The van der Waals surface area contributed by atoms with Gasteiger partial charge in [-0.1, -0.05) is 0 Å². The van der Waals surface area contributed by atoms with E-state index in [-0.39, 0.29) is 0 Å². The molecule has 2 N–H and O–H groups in total. The molecule has 0 amide bonds. The van der Waals surface area contributed by atoms with Gasteiger partial charge in [0.25, 0.3) is 6.49 Å². The zero-order chi connectivity index (χ0) is 9.50. The summed E-state index contributed by atoms with van der Waals surface area (Å²) < 4.78 is 57.2. The Bertz CT molecular complexity index is 193. The minimum atomic E-state index is -6.01. The molecule has 2 nitrogen and oxygen atoms in total. The maximum Gasteiger partial charge on any atom is 0.463 e. The van der Waals surface area contributed by atoms with Gasteiger partial charge in [-0.15, -0.1) is 0 Å². The first-order valence-corrected chi connectivity index (χ1v) is 4.71. The lowest BCUT2D eigenvalue weighted by atomic mass is 10.7. The van der Waals surface area contributed by atoms with Gasteiger partial charge >= 0.3 is 11.8 Å². The van der Waals surface area contributed by atoms with Crippen LogP contribution >= 0.6 is 6.49 Å². The van der Waals surface area contributed by atoms with E-state index < -0.39 is 18.3 Å². The first kappa shape index (κ1) is 11.2. The molecule has 9 heteroatoms. The van der Waals surface area contributed by atoms with Crippen LogP contribution in [0.4, 0.5) is 22.0 Å². The zero-order valence-corrected chi connectivity index (χ0v) is 6.35. The fourth-order valence-corrected chi connectivity index (χ4v) is 0.806. The van der Waals surface area contributed by atoms with Crippen LogP contribution in [0.1, 0.15) is 0 Å². The molecule has 11 heavy (non-hydrogen) atoms. The maximum absolute atomic E-state index is 11.8. The van der Waals surface area contributed by atoms with Gasteiger partial charge in [-0.2, -0.15) is 22.0 Å². The van der Waals surface area contributed by atoms with Crippen LogP contribution in [0.5, 0.6) is 0 Å². The molecule has 0 aliphatic heterocycles. The lowest BCUT2D eigenvalue weighted by Gasteiger charge is -2.22. The highest BCUT2D eigenvalue weighted by atomic mass is 32.5. The highest BCUT2D eigenvalue weighted by Crippen LogP contribution is 2.60. The quantitative estimate of drug-likeness (QED) is 0.514. The van der Waals surface area contributed by atoms with Gasteiger partial charge < -0.3 is 9.79 Å². The molecule has 0 bridgehead atoms. The van der Waals surface area contributed by atoms with Crippen LogP contribution in [0.15, 0.2) is 0 Å². The van der Waals surface area contributed by atoms with Crippen molar-refractivity contribution in [2.75, 3.05) is 0 Å². The maximum atomic E-state index is 11.8. The fraction of sp³-hybridized carbons (Fsp3) is 1.00. The summed E-state index contributed by atoms with van der Waals surface area (Å²) >= 11 is 3.22. The summed E-state index contributed by atoms with van der Waals surface area (Å²) in [5.74, 6) is 0. The molecule has 0 heterocycles. The summed E-state index contributed by atoms with van der Waals surface area (Å²) in [6.07, 6.45) is -6.01. The van der Waals surface area contributed by atoms with E-state index in [1.165, 1.54) is 0 Å². The minimum Gasteiger partial charge on any atom is -0.341 e. The molecule has 0 aromatic rings. The normalized spacial score (nSPS) is 15.2. The molecule has 0 rings (SSSR count). The van der Waals surface area contributed by atoms with E-state index >= 15 is 0 Å². The number of rotatable bonds is 1. The second-order valence-electron chi connectivity index (χ2n) is 1.58. The molecule has 0 aliphatic rings. The average molecular weight is 216 g/mol. The molecule has 0 spiro atoms. The monoisotopic (exact) mass is 216 g/mol. The van der Waals surface area contributed by atoms with Crippen molar-refractivity contribution in [2.45, 2.75) is 11.8 Å². The Labute approximate surface area is 62.8 Å². The molecule has 0 unspecified atom stereocenters. The molecular weight excluding hydrogens is 214 g/mol. The second-order valence-corrected chi connectivity index (χ2v) is 4.76. The van der Waals surface area contributed by atoms with E-state index in [0.717, 1.165) is 0 Å². The first-order valence-electron chi connectivity index (χ1n) is 2.00. The van der Waals surface area contributed by atoms with Crippen LogP contribution in [0.3, 0.4) is 0 Å². The lowest BCUT2D eigenvalue weighted by molar-refractivity contribution is -0.245. The number of hydrogen-bond donors (Lipinski definition) is 2. The largest absolute Gasteiger partial charge is 0.463 e. The van der Waals surface area contributed by atoms with Crippen molar-refractivity contribution in [1.82, 2.24) is 0 Å². The summed E-state index contributed by atoms with van der Waals surface area (Å²) in [4.78, 5) is 15.8. The number of alkyl halides is 5. The highest BCUT2D eigenvalue weighted by molar-refractivity contribution is 8.09. The van der Waals surface area contributed by atoms with E-state index in [0.29, 0.717) is 0 Å². The third kappa shape index (κ3) is 2.08. The molecule has 0 saturated heterocycles. The molecule has 0 aromatic heterocycles. The van der Waals surface area contributed by atoms with E-state index in [1.54, 1.807) is 0 Å². The third-order valence-electron chi connectivity index (χ3n) is 0.707. The number of halogens is 5. The van der Waals surface area contributed by atoms with E-state index in [1.807, 2.05) is 0 Å². The predicted octanol–water partition coefficient (Wildman–Crippen LogP) is 1.44. The van der Waals surface area contributed by atoms with Crippen molar-refractivity contribution in [3.63, 3.8) is 0 Å². The summed E-state index contributed by atoms with van der Waals surface area (Å²) in [5.41, 5.74) is -5.59. The number of hydrogen-bond acceptors (Lipinski definition) is 1. The Kier molecular flexibility index (Phi) is 2.67. The third-order valence-corrected chi connectivity index (χ3v) is 2.38. The van der Waals surface area contributed by atoms with Crippen LogP contribution < -0.4 is 0 Å². The van der Waals surface area contributed by atoms with Crippen LogP contribution in [0.2, 0.25) is 0 Å². The Morgan fingerprint density at radius 2 is 1.27 bits per heavy atom. The van der Waals surface area contributed by atoms with Gasteiger partial charge in [0.15, 0.2) is 0 Å². The summed E-state index contributed by atoms with van der Waals surface area (Å²) in [5, 5.41) is 0. The average Bonchev–Trinajstić information content (AvgIpc) is 1.58. The highest BCUT2D eigenvalue weighted by Gasteiger charge is 2.66. The Balaban J connectivity index is 4.91. The SMILES string of the molecule is OP(O)(=S)C(F)(F)C(F)(F)F. The van der Waals surface area contributed by atoms with Crippen molar-refractivity contribution < 1.29 is 31.7 Å². The Morgan fingerprint density at radius 1 is 1.00 bits per heavy atom. The van der Waals surface area contributed by atoms with Gasteiger partial charge in [-0.05, 0) is 11.8 Å². The van der Waals surface area contributed by atoms with Gasteiger partial charge in [0.2, 0.25) is 0 Å². The Hall–Kier alpha value is 0.220. The van der Waals surface area contributed by atoms with Crippen LogP contribution in [0, 0.1) is 0 Å². The second kappa shape index (κ2) is 2.62. The van der Waals surface area contributed by atoms with Crippen molar-refractivity contribution in [3.8, 4) is 0 Å². The molecule has 0 fully saturated rings. The smallest absolute Gasteiger partial charge is 0.341 e. The minimum absolute atomic E-state index is 3.22. The van der Waals surface area contributed by atoms with E-state index in [2.05, 4.69) is 11.8 Å². The molecule has 0 atom stereocenters. The topological polar surface area (TPSA) is 40.5 Å². The van der Waals surface area contributed by atoms with E-state index in [9.17, 15) is 22.0 Å². The van der Waals surface area contributed by atoms with Gasteiger partial charge in [-0.25, -0.2) is 0 Å². The molecule has 0 saturated carbocycles. The van der Waals surface area contributed by atoms with Crippen molar-refractivity contribution in [2.24, 2.45) is 0 Å². The summed E-state index contributed by atoms with van der Waals surface area (Å²) in [7, 11) is 0. The van der Waals surface area contributed by atoms with Gasteiger partial charge in [0.05, 0.1) is 0 Å². The van der Waals surface area contributed by atoms with Gasteiger partial charge in [0.1, 0.15) is 0 Å². The standard InChI is InChI=1S/C2H2F5O2PS/c3-1(4,5)2(6,7)10(8,9)11/h(H2,8,9,11). The molecule has 0 radical (unpaired) electrons. The zero-order valence-electron chi connectivity index (χ0n) is 4.64. The van der Waals surface area contributed by atoms with Crippen LogP contribution in [-0.4, -0.2) is 21.6 Å². The first-order chi connectivity index (χ1) is 4.50. The molecule has 0 aliphatic carbocycles. The Morgan fingerprint density at radius 3 is 1.27 bits per heavy atom. The molecule has 68 valence electrons. The lowest BCUT2D eigenvalue weighted by Crippen LogP contribution is -2.35. The summed E-state index contributed by atoms with van der Waals surface area (Å²) in [6.45, 7) is -5.62. The van der Waals surface area contributed by atoms with Crippen molar-refractivity contribution in [1.29, 1.82) is 0 Å². The van der Waals surface area contributed by atoms with Crippen molar-refractivity contribution >= 4 is 18.3 Å². The summed E-state index contributed by atoms with van der Waals surface area (Å²) in [6, 6.07) is 0. The van der Waals surface area contributed by atoms with Crippen LogP contribution in [-0.2, 0) is 11.8 Å². The van der Waals surface area contributed by atoms with Crippen molar-refractivity contribution in [3.05, 3.63) is 0 Å². The predicted molar refractivity (Wildman–Crippen MR) is 29.7 cm³/mol. The molecular formula is C2H2F5O2PS. The van der Waals surface area contributed by atoms with Gasteiger partial charge in [-0.3, -0.25) is 0 Å². The fourth-order valence-electron chi connectivity index (χ4n) is 0.165. The van der Waals surface area contributed by atoms with E-state index in [4.69, 9.17) is 9.79 Å². The molecule has 0 aromatic carbocycles.